The monoisotopic (exact) mass is 369 g/mol. The van der Waals surface area contributed by atoms with Crippen molar-refractivity contribution in [2.24, 2.45) is 5.92 Å². The third-order valence-electron chi connectivity index (χ3n) is 4.25. The summed E-state index contributed by atoms with van der Waals surface area (Å²) in [6, 6.07) is 5.51. The summed E-state index contributed by atoms with van der Waals surface area (Å²) in [5.74, 6) is -0.421. The van der Waals surface area contributed by atoms with Crippen LogP contribution in [-0.4, -0.2) is 37.9 Å². The number of anilines is 1. The zero-order valence-electron chi connectivity index (χ0n) is 14.0. The fourth-order valence-electron chi connectivity index (χ4n) is 2.95. The average Bonchev–Trinajstić information content (AvgIpc) is 3.08. The number of likely N-dealkylation sites (N-methyl/N-ethyl adjacent to an activating group) is 1. The molecule has 4 N–H and O–H groups in total. The summed E-state index contributed by atoms with van der Waals surface area (Å²) >= 11 is 0. The van der Waals surface area contributed by atoms with Crippen LogP contribution in [0, 0.1) is 5.92 Å². The highest BCUT2D eigenvalue weighted by Gasteiger charge is 2.27. The molecule has 0 aromatic heterocycles. The van der Waals surface area contributed by atoms with Crippen LogP contribution in [0.25, 0.3) is 0 Å². The minimum absolute atomic E-state index is 0.0338. The molecule has 0 bridgehead atoms. The van der Waals surface area contributed by atoms with Gasteiger partial charge in [0.1, 0.15) is 6.04 Å². The van der Waals surface area contributed by atoms with Crippen molar-refractivity contribution < 1.29 is 22.6 Å². The van der Waals surface area contributed by atoms with E-state index in [0.29, 0.717) is 0 Å². The van der Waals surface area contributed by atoms with E-state index in [1.807, 2.05) is 4.72 Å². The van der Waals surface area contributed by atoms with Gasteiger partial charge in [-0.2, -0.15) is 8.42 Å². The van der Waals surface area contributed by atoms with Crippen molar-refractivity contribution in [3.8, 4) is 0 Å². The van der Waals surface area contributed by atoms with Crippen molar-refractivity contribution in [2.75, 3.05) is 11.8 Å². The van der Waals surface area contributed by atoms with Crippen LogP contribution in [0.5, 0.6) is 0 Å². The molecule has 0 aliphatic heterocycles. The third kappa shape index (κ3) is 6.02. The predicted molar refractivity (Wildman–Crippen MR) is 93.3 cm³/mol. The zero-order chi connectivity index (χ0) is 18.4. The standard InChI is InChI=1S/C16H23N3O5S/c1-17-16(21)14(18-15(20)12-4-2-3-5-12)10-11-6-8-13(9-7-11)19-25(22,23)24/h6-9,12,14,19H,2-5,10H2,1H3,(H,17,21)(H,18,20)(H,22,23,24)/t14-/m0/s1. The lowest BCUT2D eigenvalue weighted by molar-refractivity contribution is -0.130. The SMILES string of the molecule is CNC(=O)[C@H](Cc1ccc(NS(=O)(=O)O)cc1)NC(=O)C1CCCC1. The zero-order valence-corrected chi connectivity index (χ0v) is 14.8. The van der Waals surface area contributed by atoms with Gasteiger partial charge in [-0.15, -0.1) is 0 Å². The van der Waals surface area contributed by atoms with Gasteiger partial charge < -0.3 is 10.6 Å². The number of rotatable bonds is 7. The lowest BCUT2D eigenvalue weighted by atomic mass is 10.0. The van der Waals surface area contributed by atoms with Crippen molar-refractivity contribution >= 4 is 27.8 Å². The van der Waals surface area contributed by atoms with Crippen LogP contribution in [0.3, 0.4) is 0 Å². The summed E-state index contributed by atoms with van der Waals surface area (Å²) in [5, 5.41) is 5.35. The maximum atomic E-state index is 12.3. The minimum Gasteiger partial charge on any atom is -0.357 e. The summed E-state index contributed by atoms with van der Waals surface area (Å²) < 4.78 is 32.3. The number of carbonyl (C=O) groups excluding carboxylic acids is 2. The van der Waals surface area contributed by atoms with Crippen LogP contribution in [0.2, 0.25) is 0 Å². The van der Waals surface area contributed by atoms with Gasteiger partial charge in [-0.05, 0) is 30.5 Å². The molecular formula is C16H23N3O5S. The number of amides is 2. The maximum absolute atomic E-state index is 12.3. The Labute approximate surface area is 147 Å². The lowest BCUT2D eigenvalue weighted by Gasteiger charge is -2.20. The van der Waals surface area contributed by atoms with E-state index >= 15 is 0 Å². The van der Waals surface area contributed by atoms with Crippen LogP contribution in [0.4, 0.5) is 5.69 Å². The van der Waals surface area contributed by atoms with Gasteiger partial charge in [0.15, 0.2) is 0 Å². The van der Waals surface area contributed by atoms with Crippen molar-refractivity contribution in [3.05, 3.63) is 29.8 Å². The van der Waals surface area contributed by atoms with Crippen molar-refractivity contribution in [1.82, 2.24) is 10.6 Å². The molecule has 0 spiro atoms. The molecule has 1 aliphatic rings. The van der Waals surface area contributed by atoms with E-state index < -0.39 is 16.3 Å². The predicted octanol–water partition coefficient (Wildman–Crippen LogP) is 0.865. The van der Waals surface area contributed by atoms with E-state index in [9.17, 15) is 18.0 Å². The molecule has 25 heavy (non-hydrogen) atoms. The number of hydrogen-bond acceptors (Lipinski definition) is 4. The molecule has 1 aliphatic carbocycles. The highest BCUT2D eigenvalue weighted by molar-refractivity contribution is 7.87. The van der Waals surface area contributed by atoms with E-state index in [1.165, 1.54) is 19.2 Å². The molecule has 1 fully saturated rings. The number of carbonyl (C=O) groups is 2. The van der Waals surface area contributed by atoms with E-state index in [1.54, 1.807) is 12.1 Å². The smallest absolute Gasteiger partial charge is 0.357 e. The Morgan fingerprint density at radius 1 is 1.20 bits per heavy atom. The Morgan fingerprint density at radius 3 is 2.32 bits per heavy atom. The van der Waals surface area contributed by atoms with Crippen LogP contribution in [-0.2, 0) is 26.3 Å². The fraction of sp³-hybridized carbons (Fsp3) is 0.500. The normalized spacial score (nSPS) is 16.2. The second-order valence-corrected chi connectivity index (χ2v) is 7.29. The second kappa shape index (κ2) is 8.30. The molecule has 1 aromatic rings. The largest absolute Gasteiger partial charge is 0.357 e. The Hall–Kier alpha value is -2.13. The first-order valence-electron chi connectivity index (χ1n) is 8.14. The molecule has 0 unspecified atom stereocenters. The molecule has 0 saturated heterocycles. The van der Waals surface area contributed by atoms with Gasteiger partial charge in [-0.3, -0.25) is 18.9 Å². The molecule has 1 atom stereocenters. The average molecular weight is 369 g/mol. The summed E-state index contributed by atoms with van der Waals surface area (Å²) in [6.07, 6.45) is 4.05. The summed E-state index contributed by atoms with van der Waals surface area (Å²) in [6.45, 7) is 0. The molecule has 2 rings (SSSR count). The summed E-state index contributed by atoms with van der Waals surface area (Å²) in [7, 11) is -2.82. The molecule has 0 heterocycles. The van der Waals surface area contributed by atoms with E-state index in [4.69, 9.17) is 4.55 Å². The number of benzene rings is 1. The first kappa shape index (κ1) is 19.2. The molecule has 138 valence electrons. The number of nitrogens with one attached hydrogen (secondary N) is 3. The van der Waals surface area contributed by atoms with Gasteiger partial charge >= 0.3 is 10.3 Å². The van der Waals surface area contributed by atoms with Crippen molar-refractivity contribution in [1.29, 1.82) is 0 Å². The Morgan fingerprint density at radius 2 is 1.80 bits per heavy atom. The maximum Gasteiger partial charge on any atom is 0.357 e. The third-order valence-corrected chi connectivity index (χ3v) is 4.74. The second-order valence-electron chi connectivity index (χ2n) is 6.13. The van der Waals surface area contributed by atoms with Gasteiger partial charge in [-0.1, -0.05) is 25.0 Å². The van der Waals surface area contributed by atoms with Crippen LogP contribution >= 0.6 is 0 Å². The molecular weight excluding hydrogens is 346 g/mol. The minimum atomic E-state index is -4.33. The quantitative estimate of drug-likeness (QED) is 0.531. The summed E-state index contributed by atoms with van der Waals surface area (Å²) in [5.41, 5.74) is 0.957. The van der Waals surface area contributed by atoms with Crippen molar-refractivity contribution in [2.45, 2.75) is 38.1 Å². The van der Waals surface area contributed by atoms with E-state index in [2.05, 4.69) is 10.6 Å². The fourth-order valence-corrected chi connectivity index (χ4v) is 3.39. The molecule has 0 radical (unpaired) electrons. The highest BCUT2D eigenvalue weighted by atomic mass is 32.2. The first-order chi connectivity index (χ1) is 11.8. The van der Waals surface area contributed by atoms with Crippen molar-refractivity contribution in [3.63, 3.8) is 0 Å². The van der Waals surface area contributed by atoms with E-state index in [-0.39, 0.29) is 29.8 Å². The van der Waals surface area contributed by atoms with Gasteiger partial charge in [0.25, 0.3) is 0 Å². The molecule has 1 aromatic carbocycles. The number of hydrogen-bond donors (Lipinski definition) is 4. The Kier molecular flexibility index (Phi) is 6.38. The lowest BCUT2D eigenvalue weighted by Crippen LogP contribution is -2.48. The molecule has 2 amide bonds. The van der Waals surface area contributed by atoms with Gasteiger partial charge in [0, 0.05) is 19.4 Å². The van der Waals surface area contributed by atoms with Gasteiger partial charge in [0.05, 0.1) is 5.69 Å². The first-order valence-corrected chi connectivity index (χ1v) is 9.58. The van der Waals surface area contributed by atoms with Gasteiger partial charge in [-0.25, -0.2) is 0 Å². The summed E-state index contributed by atoms with van der Waals surface area (Å²) in [4.78, 5) is 24.4. The Bertz CT molecular complexity index is 712. The van der Waals surface area contributed by atoms with Crippen LogP contribution in [0.1, 0.15) is 31.2 Å². The van der Waals surface area contributed by atoms with E-state index in [0.717, 1.165) is 31.2 Å². The van der Waals surface area contributed by atoms with Crippen LogP contribution in [0.15, 0.2) is 24.3 Å². The van der Waals surface area contributed by atoms with Gasteiger partial charge in [0.2, 0.25) is 11.8 Å². The molecule has 8 nitrogen and oxygen atoms in total. The molecule has 1 saturated carbocycles. The Balaban J connectivity index is 2.03. The molecule has 9 heteroatoms. The van der Waals surface area contributed by atoms with Crippen LogP contribution < -0.4 is 15.4 Å². The highest BCUT2D eigenvalue weighted by Crippen LogP contribution is 2.25. The topological polar surface area (TPSA) is 125 Å².